The number of aliphatic imine (C=N–C) groups is 1. The first kappa shape index (κ1) is 20.2. The normalized spacial score (nSPS) is 18.4. The molecule has 0 saturated heterocycles. The highest BCUT2D eigenvalue weighted by atomic mass is 19.1. The number of halogens is 2. The number of ether oxygens (including phenoxy) is 2. The summed E-state index contributed by atoms with van der Waals surface area (Å²) in [5, 5.41) is 0. The molecule has 2 aliphatic heterocycles. The third-order valence-electron chi connectivity index (χ3n) is 6.05. The lowest BCUT2D eigenvalue weighted by molar-refractivity contribution is 0.217. The average Bonchev–Trinajstić information content (AvgIpc) is 2.85. The number of amidine groups is 1. The lowest BCUT2D eigenvalue weighted by Gasteiger charge is -2.39. The summed E-state index contributed by atoms with van der Waals surface area (Å²) in [6.45, 7) is 0.272. The summed E-state index contributed by atoms with van der Waals surface area (Å²) in [5.74, 6) is -1.12. The Balaban J connectivity index is 1.60. The topological polar surface area (TPSA) is 95.5 Å². The van der Waals surface area contributed by atoms with Crippen LogP contribution in [0.2, 0.25) is 0 Å². The van der Waals surface area contributed by atoms with Crippen molar-refractivity contribution in [3.05, 3.63) is 90.1 Å². The second-order valence-electron chi connectivity index (χ2n) is 8.01. The molecule has 0 amide bonds. The van der Waals surface area contributed by atoms with Gasteiger partial charge in [0.15, 0.2) is 5.75 Å². The van der Waals surface area contributed by atoms with Crippen LogP contribution in [0.5, 0.6) is 11.5 Å². The highest BCUT2D eigenvalue weighted by Crippen LogP contribution is 2.53. The van der Waals surface area contributed by atoms with Gasteiger partial charge in [0.25, 0.3) is 12.0 Å². The number of nitrogens with two attached hydrogens (primary N) is 1. The predicted octanol–water partition coefficient (Wildman–Crippen LogP) is 4.57. The van der Waals surface area contributed by atoms with Crippen molar-refractivity contribution in [3.63, 3.8) is 0 Å². The number of hydrogen-bond donors (Lipinski definition) is 1. The van der Waals surface area contributed by atoms with Crippen molar-refractivity contribution in [2.45, 2.75) is 12.0 Å². The number of rotatable bonds is 2. The molecule has 0 bridgehead atoms. The Morgan fingerprint density at radius 1 is 0.941 bits per heavy atom. The minimum Gasteiger partial charge on any atom is -0.465 e. The first-order chi connectivity index (χ1) is 16.5. The SMILES string of the molecule is NC1=NC2(CCO1)c1cc(-c3cccnc3)ccc1Oc1c2cc(-c2ccnc(F)c2)nc1F. The summed E-state index contributed by atoms with van der Waals surface area (Å²) in [7, 11) is 0. The molecule has 1 spiro atoms. The Hall–Kier alpha value is -4.40. The molecule has 1 aromatic carbocycles. The number of pyridine rings is 3. The Morgan fingerprint density at radius 3 is 2.65 bits per heavy atom. The van der Waals surface area contributed by atoms with E-state index in [1.54, 1.807) is 30.6 Å². The van der Waals surface area contributed by atoms with Crippen LogP contribution >= 0.6 is 0 Å². The van der Waals surface area contributed by atoms with E-state index >= 15 is 4.39 Å². The first-order valence-corrected chi connectivity index (χ1v) is 10.6. The van der Waals surface area contributed by atoms with Gasteiger partial charge < -0.3 is 15.2 Å². The molecular formula is C25H17F2N5O2. The van der Waals surface area contributed by atoms with E-state index in [2.05, 4.69) is 19.9 Å². The van der Waals surface area contributed by atoms with Crippen LogP contribution in [0.4, 0.5) is 8.78 Å². The van der Waals surface area contributed by atoms with E-state index in [9.17, 15) is 4.39 Å². The summed E-state index contributed by atoms with van der Waals surface area (Å²) >= 11 is 0. The number of benzene rings is 1. The second-order valence-corrected chi connectivity index (χ2v) is 8.01. The molecule has 9 heteroatoms. The van der Waals surface area contributed by atoms with E-state index in [1.165, 1.54) is 12.3 Å². The Bertz CT molecular complexity index is 1460. The molecule has 0 saturated carbocycles. The predicted molar refractivity (Wildman–Crippen MR) is 120 cm³/mol. The van der Waals surface area contributed by atoms with E-state index in [1.807, 2.05) is 24.3 Å². The fraction of sp³-hybridized carbons (Fsp3) is 0.120. The zero-order valence-electron chi connectivity index (χ0n) is 17.7. The molecule has 2 N–H and O–H groups in total. The van der Waals surface area contributed by atoms with Gasteiger partial charge in [-0.3, -0.25) is 4.98 Å². The van der Waals surface area contributed by atoms with Gasteiger partial charge in [-0.2, -0.15) is 8.78 Å². The van der Waals surface area contributed by atoms with Crippen molar-refractivity contribution in [3.8, 4) is 33.9 Å². The van der Waals surface area contributed by atoms with E-state index in [0.29, 0.717) is 28.9 Å². The molecule has 6 rings (SSSR count). The maximum atomic E-state index is 15.3. The number of hydrogen-bond acceptors (Lipinski definition) is 7. The third-order valence-corrected chi connectivity index (χ3v) is 6.05. The molecule has 5 heterocycles. The molecule has 4 aromatic rings. The van der Waals surface area contributed by atoms with Crippen LogP contribution in [0.1, 0.15) is 17.5 Å². The number of fused-ring (bicyclic) bond motifs is 4. The van der Waals surface area contributed by atoms with Gasteiger partial charge in [-0.25, -0.2) is 15.0 Å². The van der Waals surface area contributed by atoms with Crippen molar-refractivity contribution in [2.24, 2.45) is 10.7 Å². The molecule has 3 aromatic heterocycles. The summed E-state index contributed by atoms with van der Waals surface area (Å²) in [4.78, 5) is 16.5. The second kappa shape index (κ2) is 7.58. The van der Waals surface area contributed by atoms with Gasteiger partial charge in [0.05, 0.1) is 12.3 Å². The van der Waals surface area contributed by atoms with Crippen LogP contribution in [-0.4, -0.2) is 27.6 Å². The van der Waals surface area contributed by atoms with E-state index in [-0.39, 0.29) is 24.1 Å². The van der Waals surface area contributed by atoms with E-state index in [0.717, 1.165) is 11.1 Å². The van der Waals surface area contributed by atoms with Crippen LogP contribution in [0, 0.1) is 11.9 Å². The third kappa shape index (κ3) is 3.16. The standard InChI is InChI=1S/C25H17F2N5O2/c26-21-11-15(5-8-30-21)19-12-18-22(23(27)31-19)34-20-4-3-14(16-2-1-7-29-13-16)10-17(20)25(18)6-9-33-24(28)32-25/h1-5,7-8,10-13H,6,9H2,(H2,28,32). The zero-order chi connectivity index (χ0) is 23.3. The van der Waals surface area contributed by atoms with E-state index < -0.39 is 17.4 Å². The molecule has 7 nitrogen and oxygen atoms in total. The highest BCUT2D eigenvalue weighted by Gasteiger charge is 2.46. The zero-order valence-corrected chi connectivity index (χ0v) is 17.7. The summed E-state index contributed by atoms with van der Waals surface area (Å²) in [5.41, 5.74) is 8.50. The van der Waals surface area contributed by atoms with E-state index in [4.69, 9.17) is 15.2 Å². The Kier molecular flexibility index (Phi) is 4.51. The van der Waals surface area contributed by atoms with Gasteiger partial charge in [0, 0.05) is 53.3 Å². The minimum atomic E-state index is -1.08. The van der Waals surface area contributed by atoms with Crippen LogP contribution in [0.3, 0.4) is 0 Å². The smallest absolute Gasteiger partial charge is 0.283 e. The summed E-state index contributed by atoms with van der Waals surface area (Å²) in [6, 6.07) is 13.8. The van der Waals surface area contributed by atoms with Crippen molar-refractivity contribution in [1.29, 1.82) is 0 Å². The molecule has 1 unspecified atom stereocenters. The van der Waals surface area contributed by atoms with Crippen LogP contribution in [0.15, 0.2) is 72.1 Å². The van der Waals surface area contributed by atoms with Gasteiger partial charge in [-0.15, -0.1) is 0 Å². The van der Waals surface area contributed by atoms with Gasteiger partial charge in [-0.05, 0) is 35.9 Å². The summed E-state index contributed by atoms with van der Waals surface area (Å²) < 4.78 is 40.5. The van der Waals surface area contributed by atoms with Crippen molar-refractivity contribution in [2.75, 3.05) is 6.61 Å². The van der Waals surface area contributed by atoms with Gasteiger partial charge in [0.2, 0.25) is 5.95 Å². The lowest BCUT2D eigenvalue weighted by atomic mass is 9.77. The fourth-order valence-corrected chi connectivity index (χ4v) is 4.50. The fourth-order valence-electron chi connectivity index (χ4n) is 4.50. The molecule has 34 heavy (non-hydrogen) atoms. The lowest BCUT2D eigenvalue weighted by Crippen LogP contribution is -2.39. The van der Waals surface area contributed by atoms with Gasteiger partial charge in [0.1, 0.15) is 11.3 Å². The minimum absolute atomic E-state index is 0.00874. The maximum absolute atomic E-state index is 15.3. The monoisotopic (exact) mass is 457 g/mol. The Morgan fingerprint density at radius 2 is 1.85 bits per heavy atom. The Labute approximate surface area is 193 Å². The first-order valence-electron chi connectivity index (χ1n) is 10.6. The molecule has 2 aliphatic rings. The maximum Gasteiger partial charge on any atom is 0.283 e. The molecule has 168 valence electrons. The molecule has 0 radical (unpaired) electrons. The number of aromatic nitrogens is 3. The van der Waals surface area contributed by atoms with Crippen molar-refractivity contribution in [1.82, 2.24) is 15.0 Å². The van der Waals surface area contributed by atoms with Crippen LogP contribution in [0.25, 0.3) is 22.4 Å². The van der Waals surface area contributed by atoms with Crippen LogP contribution < -0.4 is 10.5 Å². The van der Waals surface area contributed by atoms with Gasteiger partial charge >= 0.3 is 0 Å². The molecule has 1 atom stereocenters. The quantitative estimate of drug-likeness (QED) is 0.443. The summed E-state index contributed by atoms with van der Waals surface area (Å²) in [6.07, 6.45) is 5.15. The molecule has 0 aliphatic carbocycles. The number of nitrogens with zero attached hydrogens (tertiary/aromatic N) is 4. The van der Waals surface area contributed by atoms with Crippen molar-refractivity contribution < 1.29 is 18.3 Å². The molecular weight excluding hydrogens is 440 g/mol. The molecule has 0 fully saturated rings. The highest BCUT2D eigenvalue weighted by molar-refractivity contribution is 5.77. The van der Waals surface area contributed by atoms with Crippen LogP contribution in [-0.2, 0) is 10.3 Å². The van der Waals surface area contributed by atoms with Crippen molar-refractivity contribution >= 4 is 6.02 Å². The average molecular weight is 457 g/mol. The van der Waals surface area contributed by atoms with Gasteiger partial charge in [-0.1, -0.05) is 12.1 Å². The largest absolute Gasteiger partial charge is 0.465 e.